The molecule has 2 aliphatic rings. The van der Waals surface area contributed by atoms with E-state index >= 15 is 0 Å². The molecule has 0 saturated carbocycles. The number of aliphatic hydroxyl groups is 2. The summed E-state index contributed by atoms with van der Waals surface area (Å²) in [5, 5.41) is 40.5. The molecule has 2 aromatic carbocycles. The number of carbonyl (C=O) groups excluding carboxylic acids is 7. The fraction of sp³-hybridized carbons (Fsp3) is 0.644. The number of nitrogens with zero attached hydrogens (tertiary/aromatic N) is 6. The van der Waals surface area contributed by atoms with Crippen molar-refractivity contribution in [3.63, 3.8) is 0 Å². The highest BCUT2D eigenvalue weighted by atomic mass is 32.1. The van der Waals surface area contributed by atoms with E-state index in [4.69, 9.17) is 20.3 Å². The van der Waals surface area contributed by atoms with Gasteiger partial charge in [0.2, 0.25) is 11.8 Å². The maximum absolute atomic E-state index is 14.4. The molecule has 0 radical (unpaired) electrons. The number of likely N-dealkylation sites (N-methyl/N-ethyl adjacent to an activating group) is 2. The summed E-state index contributed by atoms with van der Waals surface area (Å²) >= 11 is 2.33. The van der Waals surface area contributed by atoms with Crippen molar-refractivity contribution in [1.29, 1.82) is 0 Å². The molecule has 0 spiro atoms. The van der Waals surface area contributed by atoms with Gasteiger partial charge in [0.05, 0.1) is 26.3 Å². The van der Waals surface area contributed by atoms with Gasteiger partial charge in [-0.3, -0.25) is 38.6 Å². The van der Waals surface area contributed by atoms with Gasteiger partial charge in [-0.15, -0.1) is 22.7 Å². The average molecular weight is 1390 g/mol. The van der Waals surface area contributed by atoms with Gasteiger partial charge in [0.25, 0.3) is 11.8 Å². The van der Waals surface area contributed by atoms with Gasteiger partial charge in [-0.2, -0.15) is 0 Å². The minimum absolute atomic E-state index is 0.0226. The molecule has 2 aromatic heterocycles. The number of methoxy groups -OCH3 is 2. The minimum atomic E-state index is -1.02. The van der Waals surface area contributed by atoms with Crippen LogP contribution in [0.4, 0.5) is 0 Å². The lowest BCUT2D eigenvalue weighted by Crippen LogP contribution is -2.53. The molecule has 0 aliphatic carbocycles. The van der Waals surface area contributed by atoms with Crippen LogP contribution in [-0.4, -0.2) is 189 Å². The molecule has 0 bridgehead atoms. The number of esters is 2. The maximum atomic E-state index is 14.4. The number of likely N-dealkylation sites (tertiary alicyclic amines) is 2. The summed E-state index contributed by atoms with van der Waals surface area (Å²) in [6, 6.07) is 15.4. The van der Waals surface area contributed by atoms with Gasteiger partial charge in [0, 0.05) is 74.0 Å². The zero-order valence-corrected chi connectivity index (χ0v) is 61.6. The molecule has 4 unspecified atom stereocenters. The maximum Gasteiger partial charge on any atom is 0.328 e. The number of Topliss-reactive ketones (excluding diaryl/α,β-unsaturated/α-hetero) is 1. The number of amides is 4. The van der Waals surface area contributed by atoms with E-state index in [1.807, 2.05) is 140 Å². The molecule has 22 nitrogen and oxygen atoms in total. The SMILES string of the molecule is CCCN(C(=O)[C@@H](CC(=O)C1CCCCN1C)C(C)CC)[C@H](C[C@@H](O)c1nc(C(=O)N[C@@H](Cc2ccccc2)C(=O)OC)cs1)C(C)C.CCCN(C(=O)[C@@H](N)C(C)CC)[C@H](C[C@@H](O)c1nc(C(=O)N[C@@H](Cc2ccccc2)C(=O)OC)cs1)C(C)C.CN1CCCCC1C(=O)O. The van der Waals surface area contributed by atoms with Crippen molar-refractivity contribution in [3.8, 4) is 0 Å². The Bertz CT molecular complexity index is 3060. The first-order valence-electron chi connectivity index (χ1n) is 34.8. The second-order valence-electron chi connectivity index (χ2n) is 26.7. The third-order valence-corrected chi connectivity index (χ3v) is 20.7. The van der Waals surface area contributed by atoms with Crippen LogP contribution < -0.4 is 16.4 Å². The average Bonchev–Trinajstić information content (AvgIpc) is 1.60. The van der Waals surface area contributed by atoms with Crippen molar-refractivity contribution >= 4 is 70.0 Å². The number of piperidine rings is 2. The van der Waals surface area contributed by atoms with Crippen molar-refractivity contribution in [2.75, 3.05) is 54.5 Å². The number of carbonyl (C=O) groups is 8. The van der Waals surface area contributed by atoms with Gasteiger partial charge in [-0.05, 0) is 101 Å². The van der Waals surface area contributed by atoms with Crippen LogP contribution >= 0.6 is 22.7 Å². The van der Waals surface area contributed by atoms with Gasteiger partial charge in [-0.1, -0.05) is 156 Å². The Hall–Kier alpha value is -6.54. The Labute approximate surface area is 584 Å². The van der Waals surface area contributed by atoms with E-state index in [1.54, 1.807) is 15.7 Å². The fourth-order valence-corrected chi connectivity index (χ4v) is 14.0. The smallest absolute Gasteiger partial charge is 0.328 e. The van der Waals surface area contributed by atoms with Crippen LogP contribution in [0, 0.1) is 29.6 Å². The minimum Gasteiger partial charge on any atom is -0.480 e. The zero-order valence-electron chi connectivity index (χ0n) is 59.9. The van der Waals surface area contributed by atoms with Crippen LogP contribution in [0.15, 0.2) is 71.4 Å². The molecule has 24 heteroatoms. The van der Waals surface area contributed by atoms with Crippen LogP contribution in [0.1, 0.15) is 207 Å². The zero-order chi connectivity index (χ0) is 72.1. The summed E-state index contributed by atoms with van der Waals surface area (Å²) in [6.45, 7) is 23.1. The number of nitrogens with two attached hydrogens (primary N) is 1. The Morgan fingerprint density at radius 2 is 1.01 bits per heavy atom. The Kier molecular flexibility index (Phi) is 36.2. The van der Waals surface area contributed by atoms with E-state index in [0.717, 1.165) is 88.4 Å². The summed E-state index contributed by atoms with van der Waals surface area (Å²) in [5.74, 6) is -3.13. The number of aromatic nitrogens is 2. The standard InChI is InChI=1S/C37H56N4O6S.C29H44N4O5S.C7H13NO2/c1-8-18-41(36(45)27(25(5)9-2)21-32(42)30-17-13-14-19-40(30)6)31(24(3)4)22-33(43)35-39-29(23-48-35)34(44)38-28(37(46)47-7)20-26-15-11-10-12-16-26;1-7-14-33(28(36)25(30)19(5)8-2)23(18(3)4)16-24(34)27-32-22(17-39-27)26(35)31-21(29(37)38-6)15-20-12-10-9-11-13-20;1-8-5-3-2-4-6(8)7(9)10/h10-12,15-16,23-25,27-28,30-31,33,43H,8-9,13-14,17-22H2,1-7H3,(H,38,44);9-13,17-19,21,23-25,34H,7-8,14-16,30H2,1-6H3,(H,31,35);6H,2-5H2,1H3,(H,9,10)/t25?,27-,28-,30?,31+,33+;19?,21-,23+,24+,25-;/m00./s1. The number of hydrogen-bond donors (Lipinski definition) is 6. The van der Waals surface area contributed by atoms with Gasteiger partial charge >= 0.3 is 17.9 Å². The number of aliphatic carboxylic acids is 1. The van der Waals surface area contributed by atoms with Crippen molar-refractivity contribution in [2.45, 2.75) is 220 Å². The number of benzene rings is 2. The van der Waals surface area contributed by atoms with Crippen molar-refractivity contribution in [3.05, 3.63) is 104 Å². The third-order valence-electron chi connectivity index (χ3n) is 18.8. The highest BCUT2D eigenvalue weighted by Crippen LogP contribution is 2.33. The van der Waals surface area contributed by atoms with Crippen LogP contribution in [0.25, 0.3) is 0 Å². The molecule has 4 amide bonds. The molecule has 2 fully saturated rings. The van der Waals surface area contributed by atoms with Gasteiger partial charge < -0.3 is 51.0 Å². The van der Waals surface area contributed by atoms with E-state index in [1.165, 1.54) is 36.9 Å². The van der Waals surface area contributed by atoms with Crippen molar-refractivity contribution in [2.24, 2.45) is 35.3 Å². The summed E-state index contributed by atoms with van der Waals surface area (Å²) in [4.78, 5) is 119. The van der Waals surface area contributed by atoms with E-state index in [0.29, 0.717) is 23.1 Å². The van der Waals surface area contributed by atoms with Crippen molar-refractivity contribution in [1.82, 2.24) is 40.2 Å². The molecular weight excluding hydrogens is 1270 g/mol. The first-order chi connectivity index (χ1) is 46.2. The highest BCUT2D eigenvalue weighted by Gasteiger charge is 2.39. The third kappa shape index (κ3) is 25.6. The number of carboxylic acid groups (broad SMARTS) is 1. The normalized spacial score (nSPS) is 18.1. The second-order valence-corrected chi connectivity index (χ2v) is 28.5. The number of ketones is 1. The Morgan fingerprint density at radius 3 is 1.36 bits per heavy atom. The molecule has 12 atom stereocenters. The number of carboxylic acids is 1. The topological polar surface area (TPSA) is 305 Å². The fourth-order valence-electron chi connectivity index (χ4n) is 12.4. The molecule has 540 valence electrons. The lowest BCUT2D eigenvalue weighted by Gasteiger charge is -2.39. The second kappa shape index (κ2) is 42.4. The van der Waals surface area contributed by atoms with Crippen LogP contribution in [0.5, 0.6) is 0 Å². The molecular formula is C73H113N9O13S2. The molecule has 2 saturated heterocycles. The first kappa shape index (κ1) is 82.9. The number of nitrogens with one attached hydrogen (secondary N) is 2. The molecule has 2 aliphatic heterocycles. The lowest BCUT2D eigenvalue weighted by atomic mass is 9.82. The summed E-state index contributed by atoms with van der Waals surface area (Å²) < 4.78 is 9.80. The number of ether oxygens (including phenoxy) is 2. The van der Waals surface area contributed by atoms with Crippen LogP contribution in [-0.2, 0) is 51.1 Å². The number of thiazole rings is 2. The summed E-state index contributed by atoms with van der Waals surface area (Å²) in [7, 11) is 6.42. The van der Waals surface area contributed by atoms with Crippen LogP contribution in [0.2, 0.25) is 0 Å². The van der Waals surface area contributed by atoms with Gasteiger partial charge in [-0.25, -0.2) is 19.6 Å². The molecule has 7 N–H and O–H groups in total. The highest BCUT2D eigenvalue weighted by molar-refractivity contribution is 7.10. The summed E-state index contributed by atoms with van der Waals surface area (Å²) in [5.41, 5.74) is 8.25. The van der Waals surface area contributed by atoms with E-state index in [-0.39, 0.29) is 109 Å². The predicted octanol–water partition coefficient (Wildman–Crippen LogP) is 9.72. The van der Waals surface area contributed by atoms with Crippen LogP contribution in [0.3, 0.4) is 0 Å². The summed E-state index contributed by atoms with van der Waals surface area (Å²) in [6.07, 6.45) is 8.31. The quantitative estimate of drug-likeness (QED) is 0.0237. The number of rotatable bonds is 34. The van der Waals surface area contributed by atoms with E-state index < -0.39 is 66.0 Å². The molecule has 4 aromatic rings. The first-order valence-corrected chi connectivity index (χ1v) is 36.6. The molecule has 6 rings (SSSR count). The van der Waals surface area contributed by atoms with E-state index in [9.17, 15) is 48.6 Å². The van der Waals surface area contributed by atoms with Crippen molar-refractivity contribution < 1.29 is 63.1 Å². The lowest BCUT2D eigenvalue weighted by molar-refractivity contribution is -0.145. The van der Waals surface area contributed by atoms with Gasteiger partial charge in [0.15, 0.2) is 5.78 Å². The Morgan fingerprint density at radius 1 is 0.608 bits per heavy atom. The largest absolute Gasteiger partial charge is 0.480 e. The molecule has 4 heterocycles. The monoisotopic (exact) mass is 1390 g/mol. The number of aliphatic hydroxyl groups excluding tert-OH is 2. The molecule has 97 heavy (non-hydrogen) atoms. The Balaban J connectivity index is 0.000000365. The van der Waals surface area contributed by atoms with Gasteiger partial charge in [0.1, 0.15) is 51.7 Å². The number of hydrogen-bond acceptors (Lipinski definition) is 19. The predicted molar refractivity (Wildman–Crippen MR) is 380 cm³/mol. The van der Waals surface area contributed by atoms with E-state index in [2.05, 4.69) is 39.3 Å².